The highest BCUT2D eigenvalue weighted by atomic mass is 32.2. The number of Topliss-reactive ketones (excluding diaryl/α,β-unsaturated/α-hetero) is 1. The zero-order valence-electron chi connectivity index (χ0n) is 19.1. The van der Waals surface area contributed by atoms with Crippen molar-refractivity contribution in [1.82, 2.24) is 10.2 Å². The fourth-order valence-electron chi connectivity index (χ4n) is 4.40. The molecule has 166 valence electrons. The van der Waals surface area contributed by atoms with Crippen LogP contribution in [0.5, 0.6) is 0 Å². The second kappa shape index (κ2) is 9.86. The first-order valence-corrected chi connectivity index (χ1v) is 12.3. The van der Waals surface area contributed by atoms with E-state index in [9.17, 15) is 14.1 Å². The number of hydrogen-bond donors (Lipinski definition) is 1. The Balaban J connectivity index is 1.84. The van der Waals surface area contributed by atoms with E-state index in [1.807, 2.05) is 13.8 Å². The molecule has 0 saturated carbocycles. The molecule has 3 rings (SSSR count). The highest BCUT2D eigenvalue weighted by Gasteiger charge is 2.34. The van der Waals surface area contributed by atoms with E-state index in [1.165, 1.54) is 5.56 Å². The van der Waals surface area contributed by atoms with Gasteiger partial charge in [0.1, 0.15) is 10.8 Å². The quantitative estimate of drug-likeness (QED) is 0.662. The number of nitrogens with zero attached hydrogens (tertiary/aromatic N) is 2. The van der Waals surface area contributed by atoms with Crippen LogP contribution >= 0.6 is 0 Å². The molecule has 0 aliphatic heterocycles. The van der Waals surface area contributed by atoms with Crippen LogP contribution in [-0.2, 0) is 28.4 Å². The van der Waals surface area contributed by atoms with Gasteiger partial charge < -0.3 is 5.11 Å². The second-order valence-electron chi connectivity index (χ2n) is 8.58. The lowest BCUT2D eigenvalue weighted by atomic mass is 9.76. The predicted molar refractivity (Wildman–Crippen MR) is 124 cm³/mol. The van der Waals surface area contributed by atoms with Gasteiger partial charge >= 0.3 is 0 Å². The van der Waals surface area contributed by atoms with Gasteiger partial charge in [-0.2, -0.15) is 5.10 Å². The lowest BCUT2D eigenvalue weighted by Gasteiger charge is -2.29. The van der Waals surface area contributed by atoms with Crippen molar-refractivity contribution < 1.29 is 14.1 Å². The minimum absolute atomic E-state index is 0.00546. The number of hydrogen-bond acceptors (Lipinski definition) is 5. The minimum Gasteiger partial charge on any atom is -0.512 e. The van der Waals surface area contributed by atoms with Crippen LogP contribution < -0.4 is 0 Å². The summed E-state index contributed by atoms with van der Waals surface area (Å²) in [6.07, 6.45) is 2.41. The van der Waals surface area contributed by atoms with Gasteiger partial charge in [0.15, 0.2) is 5.78 Å². The maximum absolute atomic E-state index is 13.2. The highest BCUT2D eigenvalue weighted by Crippen LogP contribution is 2.38. The van der Waals surface area contributed by atoms with E-state index in [0.29, 0.717) is 29.2 Å². The Morgan fingerprint density at radius 2 is 1.74 bits per heavy atom. The lowest BCUT2D eigenvalue weighted by Crippen LogP contribution is -2.27. The van der Waals surface area contributed by atoms with E-state index in [-0.39, 0.29) is 23.4 Å². The maximum Gasteiger partial charge on any atom is 0.167 e. The molecule has 6 heteroatoms. The van der Waals surface area contributed by atoms with Crippen LogP contribution in [0.25, 0.3) is 5.57 Å². The van der Waals surface area contributed by atoms with E-state index in [0.717, 1.165) is 35.2 Å². The zero-order chi connectivity index (χ0) is 22.7. The average Bonchev–Trinajstić information content (AvgIpc) is 2.73. The van der Waals surface area contributed by atoms with Gasteiger partial charge in [-0.25, -0.2) is 0 Å². The number of aryl methyl sites for hydroxylation is 4. The van der Waals surface area contributed by atoms with Crippen molar-refractivity contribution in [1.29, 1.82) is 0 Å². The minimum atomic E-state index is -1.29. The number of rotatable bonds is 7. The fourth-order valence-corrected chi connectivity index (χ4v) is 5.67. The van der Waals surface area contributed by atoms with Gasteiger partial charge in [0.2, 0.25) is 0 Å². The number of aliphatic hydroxyl groups excluding tert-OH is 1. The van der Waals surface area contributed by atoms with Gasteiger partial charge in [-0.1, -0.05) is 38.5 Å². The Kier molecular flexibility index (Phi) is 7.42. The first-order chi connectivity index (χ1) is 14.7. The molecule has 1 N–H and O–H groups in total. The molecule has 1 heterocycles. The molecule has 1 aromatic heterocycles. The molecule has 0 radical (unpaired) electrons. The fraction of sp³-hybridized carbons (Fsp3) is 0.480. The summed E-state index contributed by atoms with van der Waals surface area (Å²) in [7, 11) is -1.29. The van der Waals surface area contributed by atoms with Crippen molar-refractivity contribution in [2.45, 2.75) is 65.3 Å². The van der Waals surface area contributed by atoms with Crippen molar-refractivity contribution in [3.05, 3.63) is 58.0 Å². The first kappa shape index (κ1) is 23.3. The molecule has 3 atom stereocenters. The van der Waals surface area contributed by atoms with Crippen molar-refractivity contribution in [3.8, 4) is 0 Å². The Bertz CT molecular complexity index is 1000. The smallest absolute Gasteiger partial charge is 0.167 e. The molecule has 0 saturated heterocycles. The van der Waals surface area contributed by atoms with Crippen LogP contribution in [0.2, 0.25) is 0 Å². The van der Waals surface area contributed by atoms with Crippen LogP contribution in [0.4, 0.5) is 0 Å². The van der Waals surface area contributed by atoms with E-state index in [1.54, 1.807) is 12.1 Å². The number of carbonyl (C=O) groups is 1. The standard InChI is InChI=1S/C25H32N2O3S/c1-6-18-10-15(3)11-19(7-2)24(18)25-21(28)12-20(13-22(25)29)16(4)14-31(30)23-9-8-17(5)26-27-23/h8-11,16,20,28H,6-7,12-14H2,1-5H3. The predicted octanol–water partition coefficient (Wildman–Crippen LogP) is 4.91. The van der Waals surface area contributed by atoms with Crippen LogP contribution in [0.1, 0.15) is 61.6 Å². The number of benzene rings is 1. The van der Waals surface area contributed by atoms with Crippen LogP contribution in [0.3, 0.4) is 0 Å². The molecule has 2 aromatic rings. The van der Waals surface area contributed by atoms with Gasteiger partial charge in [-0.15, -0.1) is 5.10 Å². The molecule has 3 unspecified atom stereocenters. The summed E-state index contributed by atoms with van der Waals surface area (Å²) < 4.78 is 12.7. The summed E-state index contributed by atoms with van der Waals surface area (Å²) in [5.74, 6) is 0.505. The topological polar surface area (TPSA) is 80.2 Å². The molecule has 1 aliphatic rings. The third-order valence-electron chi connectivity index (χ3n) is 6.15. The van der Waals surface area contributed by atoms with Gasteiger partial charge in [0.05, 0.1) is 22.1 Å². The summed E-state index contributed by atoms with van der Waals surface area (Å²) >= 11 is 0. The molecule has 5 nitrogen and oxygen atoms in total. The normalized spacial score (nSPS) is 18.9. The number of allylic oxidation sites excluding steroid dienone is 2. The van der Waals surface area contributed by atoms with Gasteiger partial charge in [-0.05, 0) is 67.3 Å². The Hall–Kier alpha value is -2.34. The van der Waals surface area contributed by atoms with Gasteiger partial charge in [-0.3, -0.25) is 9.00 Å². The SMILES string of the molecule is CCc1cc(C)cc(CC)c1C1=C(O)CC(C(C)CS(=O)c2ccc(C)nn2)CC1=O. The average molecular weight is 441 g/mol. The maximum atomic E-state index is 13.2. The number of ketones is 1. The summed E-state index contributed by atoms with van der Waals surface area (Å²) in [5.41, 5.74) is 5.58. The summed E-state index contributed by atoms with van der Waals surface area (Å²) in [4.78, 5) is 13.2. The first-order valence-electron chi connectivity index (χ1n) is 11.0. The monoisotopic (exact) mass is 440 g/mol. The van der Waals surface area contributed by atoms with Gasteiger partial charge in [0, 0.05) is 18.6 Å². The van der Waals surface area contributed by atoms with Crippen molar-refractivity contribution in [2.75, 3.05) is 5.75 Å². The molecule has 31 heavy (non-hydrogen) atoms. The number of aliphatic hydroxyl groups is 1. The molecule has 0 fully saturated rings. The summed E-state index contributed by atoms with van der Waals surface area (Å²) in [6, 6.07) is 7.77. The second-order valence-corrected chi connectivity index (χ2v) is 10.0. The largest absolute Gasteiger partial charge is 0.512 e. The van der Waals surface area contributed by atoms with Crippen LogP contribution in [-0.4, -0.2) is 31.0 Å². The molecule has 0 amide bonds. The highest BCUT2D eigenvalue weighted by molar-refractivity contribution is 7.84. The van der Waals surface area contributed by atoms with Crippen LogP contribution in [0.15, 0.2) is 35.1 Å². The summed E-state index contributed by atoms with van der Waals surface area (Å²) in [5, 5.41) is 19.4. The third-order valence-corrected chi connectivity index (χ3v) is 7.67. The van der Waals surface area contributed by atoms with Crippen molar-refractivity contribution in [2.24, 2.45) is 11.8 Å². The molecular weight excluding hydrogens is 408 g/mol. The molecule has 0 spiro atoms. The number of aromatic nitrogens is 2. The third kappa shape index (κ3) is 5.12. The van der Waals surface area contributed by atoms with E-state index in [4.69, 9.17) is 0 Å². The van der Waals surface area contributed by atoms with Crippen LogP contribution in [0, 0.1) is 25.7 Å². The number of carbonyl (C=O) groups excluding carboxylic acids is 1. The van der Waals surface area contributed by atoms with Crippen molar-refractivity contribution >= 4 is 22.2 Å². The lowest BCUT2D eigenvalue weighted by molar-refractivity contribution is -0.115. The van der Waals surface area contributed by atoms with E-state index in [2.05, 4.69) is 43.1 Å². The Morgan fingerprint density at radius 3 is 2.26 bits per heavy atom. The van der Waals surface area contributed by atoms with Crippen molar-refractivity contribution in [3.63, 3.8) is 0 Å². The van der Waals surface area contributed by atoms with E-state index < -0.39 is 10.8 Å². The molecule has 1 aromatic carbocycles. The Morgan fingerprint density at radius 1 is 1.10 bits per heavy atom. The molecule has 0 bridgehead atoms. The summed E-state index contributed by atoms with van der Waals surface area (Å²) in [6.45, 7) is 10.1. The van der Waals surface area contributed by atoms with Gasteiger partial charge in [0.25, 0.3) is 0 Å². The molecule has 1 aliphatic carbocycles. The zero-order valence-corrected chi connectivity index (χ0v) is 19.9. The molecular formula is C25H32N2O3S. The Labute approximate surface area is 187 Å². The van der Waals surface area contributed by atoms with E-state index >= 15 is 0 Å².